The zero-order valence-corrected chi connectivity index (χ0v) is 21.8. The molecule has 1 heterocycles. The van der Waals surface area contributed by atoms with Gasteiger partial charge in [0.05, 0.1) is 0 Å². The minimum absolute atomic E-state index is 0.0693. The summed E-state index contributed by atoms with van der Waals surface area (Å²) in [6, 6.07) is 35.4. The van der Waals surface area contributed by atoms with Crippen LogP contribution in [0.5, 0.6) is 0 Å². The van der Waals surface area contributed by atoms with E-state index >= 15 is 0 Å². The van der Waals surface area contributed by atoms with E-state index in [1.54, 1.807) is 6.08 Å². The number of fused-ring (bicyclic) bond motifs is 2. The Bertz CT molecular complexity index is 1570. The van der Waals surface area contributed by atoms with Gasteiger partial charge in [0, 0.05) is 52.7 Å². The summed E-state index contributed by atoms with van der Waals surface area (Å²) in [7, 11) is 2.07. The molecule has 4 nitrogen and oxygen atoms in total. The molecule has 1 aliphatic carbocycles. The number of hydrogen-bond acceptors (Lipinski definition) is 4. The number of para-hydroxylation sites is 2. The Morgan fingerprint density at radius 1 is 0.763 bits per heavy atom. The minimum atomic E-state index is -0.309. The van der Waals surface area contributed by atoms with Gasteiger partial charge in [-0.1, -0.05) is 80.6 Å². The van der Waals surface area contributed by atoms with Crippen LogP contribution in [-0.2, 0) is 10.2 Å². The van der Waals surface area contributed by atoms with Crippen LogP contribution in [0.25, 0.3) is 6.08 Å². The average Bonchev–Trinajstić information content (AvgIpc) is 3.13. The van der Waals surface area contributed by atoms with E-state index in [0.717, 1.165) is 39.6 Å². The molecule has 4 heteroatoms. The summed E-state index contributed by atoms with van der Waals surface area (Å²) in [5.41, 5.74) is 8.76. The highest BCUT2D eigenvalue weighted by atomic mass is 16.1. The third-order valence-corrected chi connectivity index (χ3v) is 7.48. The van der Waals surface area contributed by atoms with Gasteiger partial charge in [-0.3, -0.25) is 9.79 Å². The molecular formula is C34H29N3O. The van der Waals surface area contributed by atoms with Gasteiger partial charge in [0.1, 0.15) is 5.71 Å². The molecule has 186 valence electrons. The third-order valence-electron chi connectivity index (χ3n) is 7.48. The second-order valence-corrected chi connectivity index (χ2v) is 10.2. The number of carbonyl (C=O) groups is 1. The number of likely N-dealkylation sites (N-methyl/N-ethyl adjacent to an activating group) is 1. The van der Waals surface area contributed by atoms with Crippen LogP contribution in [-0.4, -0.2) is 18.5 Å². The summed E-state index contributed by atoms with van der Waals surface area (Å²) in [6.07, 6.45) is 5.33. The maximum absolute atomic E-state index is 12.7. The smallest absolute Gasteiger partial charge is 0.204 e. The fraction of sp³-hybridized carbons (Fsp3) is 0.118. The lowest BCUT2D eigenvalue weighted by Crippen LogP contribution is -2.23. The van der Waals surface area contributed by atoms with Gasteiger partial charge in [0.25, 0.3) is 0 Å². The number of allylic oxidation sites excluding steroid dienone is 2. The summed E-state index contributed by atoms with van der Waals surface area (Å²) in [5, 5.41) is 0. The number of rotatable bonds is 4. The number of nitrogens with zero attached hydrogens (tertiary/aromatic N) is 3. The predicted molar refractivity (Wildman–Crippen MR) is 158 cm³/mol. The number of hydrogen-bond donors (Lipinski definition) is 0. The highest BCUT2D eigenvalue weighted by molar-refractivity contribution is 6.52. The van der Waals surface area contributed by atoms with Crippen LogP contribution in [0.1, 0.15) is 30.5 Å². The lowest BCUT2D eigenvalue weighted by Gasteiger charge is -2.27. The topological polar surface area (TPSA) is 35.9 Å². The lowest BCUT2D eigenvalue weighted by atomic mass is 9.84. The molecule has 1 aliphatic heterocycles. The summed E-state index contributed by atoms with van der Waals surface area (Å²) in [6.45, 7) is 4.44. The van der Waals surface area contributed by atoms with Crippen molar-refractivity contribution in [3.63, 3.8) is 0 Å². The fourth-order valence-corrected chi connectivity index (χ4v) is 5.49. The lowest BCUT2D eigenvalue weighted by molar-refractivity contribution is -0.108. The molecule has 0 spiro atoms. The van der Waals surface area contributed by atoms with Crippen molar-refractivity contribution in [2.75, 3.05) is 16.8 Å². The van der Waals surface area contributed by atoms with E-state index in [2.05, 4.69) is 97.4 Å². The minimum Gasteiger partial charge on any atom is -0.346 e. The first-order chi connectivity index (χ1) is 18.4. The number of anilines is 4. The Morgan fingerprint density at radius 3 is 2.08 bits per heavy atom. The van der Waals surface area contributed by atoms with Crippen molar-refractivity contribution in [1.29, 1.82) is 0 Å². The molecule has 0 radical (unpaired) electrons. The van der Waals surface area contributed by atoms with Gasteiger partial charge in [0.2, 0.25) is 5.78 Å². The highest BCUT2D eigenvalue weighted by Gasteiger charge is 2.39. The standard InChI is InChI=1S/C34H29N3O/c1-34(2)29-22-27(37(25-13-6-4-7-14-25)26-15-8-5-9-16-26)19-20-30(29)36(3)32(34)23-35-33-28-17-11-10-12-24(28)18-21-31(33)38/h4-23H,1-3H3/b32-23-,35-33?. The second kappa shape index (κ2) is 9.31. The molecule has 0 bridgehead atoms. The molecule has 0 unspecified atom stereocenters. The van der Waals surface area contributed by atoms with E-state index in [4.69, 9.17) is 4.99 Å². The number of benzene rings is 4. The maximum atomic E-state index is 12.7. The summed E-state index contributed by atoms with van der Waals surface area (Å²) in [5.74, 6) is -0.0693. The second-order valence-electron chi connectivity index (χ2n) is 10.2. The molecule has 6 rings (SSSR count). The normalized spacial score (nSPS) is 17.6. The van der Waals surface area contributed by atoms with Crippen LogP contribution in [0.15, 0.2) is 126 Å². The molecule has 0 saturated carbocycles. The van der Waals surface area contributed by atoms with Gasteiger partial charge in [0.15, 0.2) is 0 Å². The van der Waals surface area contributed by atoms with Crippen LogP contribution in [0.4, 0.5) is 22.7 Å². The molecule has 0 amide bonds. The molecule has 0 N–H and O–H groups in total. The van der Waals surface area contributed by atoms with E-state index < -0.39 is 0 Å². The Kier molecular flexibility index (Phi) is 5.80. The van der Waals surface area contributed by atoms with E-state index in [-0.39, 0.29) is 11.2 Å². The monoisotopic (exact) mass is 495 g/mol. The largest absolute Gasteiger partial charge is 0.346 e. The van der Waals surface area contributed by atoms with E-state index in [1.807, 2.05) is 48.7 Å². The first kappa shape index (κ1) is 23.7. The zero-order chi connectivity index (χ0) is 26.3. The molecule has 0 saturated heterocycles. The Balaban J connectivity index is 1.43. The van der Waals surface area contributed by atoms with Crippen molar-refractivity contribution in [3.05, 3.63) is 138 Å². The molecule has 0 fully saturated rings. The molecular weight excluding hydrogens is 466 g/mol. The molecule has 2 aliphatic rings. The quantitative estimate of drug-likeness (QED) is 0.290. The van der Waals surface area contributed by atoms with Gasteiger partial charge in [-0.2, -0.15) is 0 Å². The van der Waals surface area contributed by atoms with Crippen LogP contribution < -0.4 is 9.80 Å². The van der Waals surface area contributed by atoms with Crippen LogP contribution in [0, 0.1) is 0 Å². The van der Waals surface area contributed by atoms with Crippen molar-refractivity contribution in [2.45, 2.75) is 19.3 Å². The van der Waals surface area contributed by atoms with Crippen LogP contribution in [0.2, 0.25) is 0 Å². The predicted octanol–water partition coefficient (Wildman–Crippen LogP) is 7.81. The first-order valence-electron chi connectivity index (χ1n) is 12.8. The summed E-state index contributed by atoms with van der Waals surface area (Å²) >= 11 is 0. The molecule has 0 atom stereocenters. The Labute approximate surface area is 223 Å². The van der Waals surface area contributed by atoms with Crippen LogP contribution >= 0.6 is 0 Å². The van der Waals surface area contributed by atoms with Crippen molar-refractivity contribution in [1.82, 2.24) is 0 Å². The van der Waals surface area contributed by atoms with Gasteiger partial charge >= 0.3 is 0 Å². The van der Waals surface area contributed by atoms with Gasteiger partial charge in [-0.15, -0.1) is 0 Å². The van der Waals surface area contributed by atoms with Crippen molar-refractivity contribution in [3.8, 4) is 0 Å². The number of ketones is 1. The average molecular weight is 496 g/mol. The molecule has 0 aromatic heterocycles. The molecule has 4 aromatic rings. The van der Waals surface area contributed by atoms with Crippen molar-refractivity contribution < 1.29 is 4.79 Å². The zero-order valence-electron chi connectivity index (χ0n) is 21.8. The van der Waals surface area contributed by atoms with Crippen molar-refractivity contribution in [2.24, 2.45) is 4.99 Å². The maximum Gasteiger partial charge on any atom is 0.204 e. The Hall–Kier alpha value is -4.70. The number of aliphatic imine (C=N–C) groups is 1. The number of carbonyl (C=O) groups excluding carboxylic acids is 1. The first-order valence-corrected chi connectivity index (χ1v) is 12.8. The summed E-state index contributed by atoms with van der Waals surface area (Å²) in [4.78, 5) is 22.0. The summed E-state index contributed by atoms with van der Waals surface area (Å²) < 4.78 is 0. The van der Waals surface area contributed by atoms with Gasteiger partial charge in [-0.25, -0.2) is 0 Å². The van der Waals surface area contributed by atoms with Crippen LogP contribution in [0.3, 0.4) is 0 Å². The van der Waals surface area contributed by atoms with Crippen molar-refractivity contribution >= 4 is 40.3 Å². The van der Waals surface area contributed by atoms with E-state index in [1.165, 1.54) is 5.56 Å². The molecule has 4 aromatic carbocycles. The molecule has 38 heavy (non-hydrogen) atoms. The Morgan fingerprint density at radius 2 is 1.39 bits per heavy atom. The fourth-order valence-electron chi connectivity index (χ4n) is 5.49. The highest BCUT2D eigenvalue weighted by Crippen LogP contribution is 2.49. The van der Waals surface area contributed by atoms with Gasteiger partial charge in [-0.05, 0) is 59.7 Å². The SMILES string of the molecule is CN1/C(=C\N=C2C(=O)C=Cc3ccccc32)C(C)(C)c2cc(N(c3ccccc3)c3ccccc3)ccc21. The third kappa shape index (κ3) is 3.95. The van der Waals surface area contributed by atoms with Gasteiger partial charge < -0.3 is 9.80 Å². The van der Waals surface area contributed by atoms with E-state index in [0.29, 0.717) is 5.71 Å². The van der Waals surface area contributed by atoms with E-state index in [9.17, 15) is 4.79 Å².